The zero-order valence-corrected chi connectivity index (χ0v) is 12.6. The highest BCUT2D eigenvalue weighted by Gasteiger charge is 2.32. The van der Waals surface area contributed by atoms with Crippen molar-refractivity contribution in [2.75, 3.05) is 13.1 Å². The zero-order chi connectivity index (χ0) is 14.8. The van der Waals surface area contributed by atoms with Crippen LogP contribution in [0.3, 0.4) is 0 Å². The Kier molecular flexibility index (Phi) is 6.03. The normalized spacial score (nSPS) is 19.9. The summed E-state index contributed by atoms with van der Waals surface area (Å²) in [7, 11) is -3.93. The van der Waals surface area contributed by atoms with E-state index in [2.05, 4.69) is 10.0 Å². The first kappa shape index (κ1) is 18.2. The molecule has 1 aliphatic rings. The molecule has 0 spiro atoms. The van der Waals surface area contributed by atoms with Gasteiger partial charge in [-0.15, -0.1) is 12.4 Å². The number of nitrogens with one attached hydrogen (secondary N) is 2. The molecule has 1 saturated heterocycles. The maximum Gasteiger partial charge on any atom is 0.416 e. The van der Waals surface area contributed by atoms with E-state index in [1.54, 1.807) is 0 Å². The number of halogens is 4. The summed E-state index contributed by atoms with van der Waals surface area (Å²) < 4.78 is 64.3. The van der Waals surface area contributed by atoms with E-state index in [4.69, 9.17) is 0 Å². The standard InChI is InChI=1S/C12H15F3N2O2S.ClH/c13-12(14,15)9-3-1-5-11(7-9)20(18,19)17-10-4-2-6-16-8-10;/h1,3,5,7,10,16-17H,2,4,6,8H2;1H/t10-;/m1./s1. The van der Waals surface area contributed by atoms with E-state index in [-0.39, 0.29) is 23.3 Å². The summed E-state index contributed by atoms with van der Waals surface area (Å²) in [5.41, 5.74) is -0.970. The zero-order valence-electron chi connectivity index (χ0n) is 11.0. The topological polar surface area (TPSA) is 58.2 Å². The minimum absolute atomic E-state index is 0. The molecule has 0 radical (unpaired) electrons. The van der Waals surface area contributed by atoms with Gasteiger partial charge in [0.05, 0.1) is 10.5 Å². The number of sulfonamides is 1. The Balaban J connectivity index is 0.00000220. The van der Waals surface area contributed by atoms with Gasteiger partial charge in [-0.05, 0) is 37.6 Å². The summed E-state index contributed by atoms with van der Waals surface area (Å²) in [5.74, 6) is 0. The van der Waals surface area contributed by atoms with Crippen LogP contribution in [0.2, 0.25) is 0 Å². The lowest BCUT2D eigenvalue weighted by molar-refractivity contribution is -0.137. The van der Waals surface area contributed by atoms with Crippen molar-refractivity contribution < 1.29 is 21.6 Å². The number of hydrogen-bond acceptors (Lipinski definition) is 3. The van der Waals surface area contributed by atoms with E-state index in [1.807, 2.05) is 0 Å². The first-order valence-corrected chi connectivity index (χ1v) is 7.68. The molecule has 2 N–H and O–H groups in total. The van der Waals surface area contributed by atoms with Crippen LogP contribution in [0.1, 0.15) is 18.4 Å². The Labute approximate surface area is 127 Å². The molecular formula is C12H16ClF3N2O2S. The molecule has 0 amide bonds. The van der Waals surface area contributed by atoms with Crippen LogP contribution in [-0.4, -0.2) is 27.5 Å². The van der Waals surface area contributed by atoms with Crippen LogP contribution < -0.4 is 10.0 Å². The molecule has 0 aliphatic carbocycles. The quantitative estimate of drug-likeness (QED) is 0.883. The molecule has 0 saturated carbocycles. The third kappa shape index (κ3) is 4.84. The molecule has 1 aromatic rings. The van der Waals surface area contributed by atoms with Crippen molar-refractivity contribution in [2.24, 2.45) is 0 Å². The first-order valence-electron chi connectivity index (χ1n) is 6.19. The Morgan fingerprint density at radius 3 is 2.57 bits per heavy atom. The lowest BCUT2D eigenvalue weighted by Gasteiger charge is -2.23. The summed E-state index contributed by atoms with van der Waals surface area (Å²) in [4.78, 5) is -0.363. The molecule has 1 fully saturated rings. The summed E-state index contributed by atoms with van der Waals surface area (Å²) in [6, 6.07) is 3.47. The van der Waals surface area contributed by atoms with Crippen molar-refractivity contribution in [1.82, 2.24) is 10.0 Å². The van der Waals surface area contributed by atoms with Crippen LogP contribution in [-0.2, 0) is 16.2 Å². The summed E-state index contributed by atoms with van der Waals surface area (Å²) in [6.07, 6.45) is -3.06. The predicted octanol–water partition coefficient (Wildman–Crippen LogP) is 2.16. The SMILES string of the molecule is Cl.O=S(=O)(N[C@@H]1CCCNC1)c1cccc(C(F)(F)F)c1. The smallest absolute Gasteiger partial charge is 0.315 e. The lowest BCUT2D eigenvalue weighted by atomic mass is 10.1. The van der Waals surface area contributed by atoms with Crippen LogP contribution in [0.4, 0.5) is 13.2 Å². The van der Waals surface area contributed by atoms with Gasteiger partial charge in [0.15, 0.2) is 0 Å². The maximum atomic E-state index is 12.6. The van der Waals surface area contributed by atoms with Crippen LogP contribution in [0, 0.1) is 0 Å². The molecule has 1 heterocycles. The summed E-state index contributed by atoms with van der Waals surface area (Å²) in [6.45, 7) is 1.31. The van der Waals surface area contributed by atoms with Gasteiger partial charge < -0.3 is 5.32 Å². The molecule has 1 atom stereocenters. The highest BCUT2D eigenvalue weighted by molar-refractivity contribution is 7.89. The molecule has 2 rings (SSSR count). The van der Waals surface area contributed by atoms with E-state index in [0.29, 0.717) is 19.0 Å². The molecular weight excluding hydrogens is 329 g/mol. The van der Waals surface area contributed by atoms with Crippen LogP contribution in [0.15, 0.2) is 29.2 Å². The van der Waals surface area contributed by atoms with Gasteiger partial charge in [-0.25, -0.2) is 13.1 Å². The second kappa shape index (κ2) is 6.95. The van der Waals surface area contributed by atoms with Gasteiger partial charge in [0.2, 0.25) is 10.0 Å². The number of benzene rings is 1. The first-order chi connectivity index (χ1) is 9.29. The van der Waals surface area contributed by atoms with E-state index < -0.39 is 21.8 Å². The molecule has 1 aliphatic heterocycles. The van der Waals surface area contributed by atoms with E-state index in [9.17, 15) is 21.6 Å². The fourth-order valence-electron chi connectivity index (χ4n) is 2.08. The fraction of sp³-hybridized carbons (Fsp3) is 0.500. The highest BCUT2D eigenvalue weighted by atomic mass is 35.5. The minimum atomic E-state index is -4.56. The Morgan fingerprint density at radius 2 is 2.00 bits per heavy atom. The van der Waals surface area contributed by atoms with Crippen LogP contribution in [0.25, 0.3) is 0 Å². The van der Waals surface area contributed by atoms with E-state index in [1.165, 1.54) is 0 Å². The second-order valence-electron chi connectivity index (χ2n) is 4.69. The maximum absolute atomic E-state index is 12.6. The van der Waals surface area contributed by atoms with Crippen molar-refractivity contribution in [2.45, 2.75) is 30.0 Å². The molecule has 1 aromatic carbocycles. The molecule has 0 unspecified atom stereocenters. The number of alkyl halides is 3. The Bertz CT molecular complexity index is 572. The number of piperidine rings is 1. The number of hydrogen-bond donors (Lipinski definition) is 2. The van der Waals surface area contributed by atoms with Crippen molar-refractivity contribution in [3.05, 3.63) is 29.8 Å². The van der Waals surface area contributed by atoms with Crippen molar-refractivity contribution >= 4 is 22.4 Å². The Hall–Kier alpha value is -0.830. The summed E-state index contributed by atoms with van der Waals surface area (Å²) in [5, 5.41) is 3.04. The molecule has 0 aromatic heterocycles. The van der Waals surface area contributed by atoms with Crippen molar-refractivity contribution in [3.63, 3.8) is 0 Å². The highest BCUT2D eigenvalue weighted by Crippen LogP contribution is 2.30. The van der Waals surface area contributed by atoms with Gasteiger partial charge in [-0.1, -0.05) is 6.07 Å². The third-order valence-electron chi connectivity index (χ3n) is 3.09. The molecule has 21 heavy (non-hydrogen) atoms. The third-order valence-corrected chi connectivity index (χ3v) is 4.61. The van der Waals surface area contributed by atoms with Gasteiger partial charge in [-0.3, -0.25) is 0 Å². The monoisotopic (exact) mass is 344 g/mol. The van der Waals surface area contributed by atoms with Crippen molar-refractivity contribution in [3.8, 4) is 0 Å². The molecule has 9 heteroatoms. The van der Waals surface area contributed by atoms with Gasteiger partial charge in [0.25, 0.3) is 0 Å². The largest absolute Gasteiger partial charge is 0.416 e. The van der Waals surface area contributed by atoms with Gasteiger partial charge >= 0.3 is 6.18 Å². The number of rotatable bonds is 3. The van der Waals surface area contributed by atoms with Crippen LogP contribution in [0.5, 0.6) is 0 Å². The predicted molar refractivity (Wildman–Crippen MR) is 74.9 cm³/mol. The molecule has 4 nitrogen and oxygen atoms in total. The molecule has 120 valence electrons. The lowest BCUT2D eigenvalue weighted by Crippen LogP contribution is -2.45. The molecule has 0 bridgehead atoms. The van der Waals surface area contributed by atoms with Gasteiger partial charge in [-0.2, -0.15) is 13.2 Å². The fourth-order valence-corrected chi connectivity index (χ4v) is 3.40. The summed E-state index contributed by atoms with van der Waals surface area (Å²) >= 11 is 0. The second-order valence-corrected chi connectivity index (χ2v) is 6.40. The van der Waals surface area contributed by atoms with Gasteiger partial charge in [0.1, 0.15) is 0 Å². The van der Waals surface area contributed by atoms with Crippen molar-refractivity contribution in [1.29, 1.82) is 0 Å². The minimum Gasteiger partial charge on any atom is -0.315 e. The van der Waals surface area contributed by atoms with E-state index >= 15 is 0 Å². The van der Waals surface area contributed by atoms with Crippen LogP contribution >= 0.6 is 12.4 Å². The van der Waals surface area contributed by atoms with E-state index in [0.717, 1.165) is 31.2 Å². The van der Waals surface area contributed by atoms with Gasteiger partial charge in [0, 0.05) is 12.6 Å². The average molecular weight is 345 g/mol. The Morgan fingerprint density at radius 1 is 1.29 bits per heavy atom. The average Bonchev–Trinajstić information content (AvgIpc) is 2.38.